The van der Waals surface area contributed by atoms with E-state index in [1.165, 1.54) is 192 Å². The molecule has 0 radical (unpaired) electrons. The molecule has 6 nitrogen and oxygen atoms in total. The van der Waals surface area contributed by atoms with Gasteiger partial charge in [0.25, 0.3) is 0 Å². The van der Waals surface area contributed by atoms with Gasteiger partial charge < -0.3 is 27.4 Å². The van der Waals surface area contributed by atoms with Gasteiger partial charge in [0, 0.05) is 98.8 Å². The Hall–Kier alpha value is -16.8. The third kappa shape index (κ3) is 12.2. The lowest BCUT2D eigenvalue weighted by Gasteiger charge is -2.12. The molecule has 0 saturated carbocycles. The van der Waals surface area contributed by atoms with Crippen molar-refractivity contribution in [1.82, 2.24) is 27.4 Å². The third-order valence-corrected chi connectivity index (χ3v) is 25.6. The first-order chi connectivity index (χ1) is 62.6. The van der Waals surface area contributed by atoms with Crippen molar-refractivity contribution in [3.63, 3.8) is 0 Å². The summed E-state index contributed by atoms with van der Waals surface area (Å²) in [6, 6.07) is 175. The minimum Gasteiger partial charge on any atom is -0.309 e. The number of hydrogen-bond acceptors (Lipinski definition) is 0. The average molecular weight is 1610 g/mol. The lowest BCUT2D eigenvalue weighted by molar-refractivity contribution is 1.17. The molecule has 0 aliphatic rings. The van der Waals surface area contributed by atoms with Gasteiger partial charge in [0.05, 0.1) is 66.2 Å². The molecule has 0 N–H and O–H groups in total. The van der Waals surface area contributed by atoms with Gasteiger partial charge in [-0.25, -0.2) is 0 Å². The Bertz CT molecular complexity index is 8620. The van der Waals surface area contributed by atoms with Gasteiger partial charge in [0.2, 0.25) is 0 Å². The fourth-order valence-corrected chi connectivity index (χ4v) is 19.9. The molecule has 6 heteroatoms. The molecule has 590 valence electrons. The third-order valence-electron chi connectivity index (χ3n) is 25.6. The molecule has 0 spiro atoms. The Kier molecular flexibility index (Phi) is 17.8. The molecule has 6 aromatic heterocycles. The van der Waals surface area contributed by atoms with Gasteiger partial charge in [-0.15, -0.1) is 0 Å². The standard InChI is InChI=1S/2C42H28N2.C36H24N2/c1-3-12-29(13-4-1)31-22-24-33(25-23-31)43-39-21-10-8-19-37(39)41-40(43)27-26-36-35-18-7-9-20-38(35)44(42(36)41)34-17-11-16-32(28-34)30-14-5-2-6-15-30;1-3-11-29(12-4-1)31-19-23-33(24-20-31)43-39-18-10-8-16-37(39)41-40(43)28-27-36-35-15-7-9-17-38(35)44(42(36)41)34-25-21-32(22-26-34)30-13-5-2-6-14-30;1-3-11-25(12-4-1)26-19-21-28(22-20-26)37-33-18-10-8-16-31(33)35-34(37)24-23-30-29-15-7-9-17-32(29)38(36(30)35)27-13-5-2-6-14-27/h2*1-28H;1-24H. The van der Waals surface area contributed by atoms with Crippen molar-refractivity contribution in [3.8, 4) is 89.8 Å². The smallest absolute Gasteiger partial charge is 0.0641 e. The molecule has 20 aromatic carbocycles. The van der Waals surface area contributed by atoms with E-state index in [1.54, 1.807) is 0 Å². The molecule has 6 heterocycles. The monoisotopic (exact) mass is 1600 g/mol. The van der Waals surface area contributed by atoms with Gasteiger partial charge in [-0.2, -0.15) is 0 Å². The molecular weight excluding hydrogens is 1530 g/mol. The molecule has 0 atom stereocenters. The number of benzene rings is 20. The van der Waals surface area contributed by atoms with Crippen molar-refractivity contribution < 1.29 is 0 Å². The molecule has 26 rings (SSSR count). The van der Waals surface area contributed by atoms with Gasteiger partial charge >= 0.3 is 0 Å². The highest BCUT2D eigenvalue weighted by atomic mass is 15.0. The Morgan fingerprint density at radius 1 is 0.103 bits per heavy atom. The summed E-state index contributed by atoms with van der Waals surface area (Å²) in [7, 11) is 0. The molecule has 0 bridgehead atoms. The lowest BCUT2D eigenvalue weighted by atomic mass is 10.0. The molecule has 0 aliphatic carbocycles. The van der Waals surface area contributed by atoms with Gasteiger partial charge in [0.15, 0.2) is 0 Å². The number of hydrogen-bond donors (Lipinski definition) is 0. The summed E-state index contributed by atoms with van der Waals surface area (Å²) >= 11 is 0. The predicted molar refractivity (Wildman–Crippen MR) is 533 cm³/mol. The maximum atomic E-state index is 2.47. The van der Waals surface area contributed by atoms with E-state index in [2.05, 4.69) is 513 Å². The summed E-state index contributed by atoms with van der Waals surface area (Å²) in [5, 5.41) is 15.2. The Morgan fingerprint density at radius 2 is 0.302 bits per heavy atom. The molecule has 26 aromatic rings. The highest BCUT2D eigenvalue weighted by molar-refractivity contribution is 6.29. The molecule has 0 saturated heterocycles. The van der Waals surface area contributed by atoms with Crippen molar-refractivity contribution in [2.24, 2.45) is 0 Å². The van der Waals surface area contributed by atoms with Gasteiger partial charge in [-0.05, 0) is 183 Å². The van der Waals surface area contributed by atoms with E-state index in [9.17, 15) is 0 Å². The highest BCUT2D eigenvalue weighted by Crippen LogP contribution is 2.47. The second-order valence-electron chi connectivity index (χ2n) is 32.6. The minimum atomic E-state index is 1.16. The lowest BCUT2D eigenvalue weighted by Crippen LogP contribution is -1.96. The fourth-order valence-electron chi connectivity index (χ4n) is 19.9. The number of aromatic nitrogens is 6. The zero-order chi connectivity index (χ0) is 83.1. The van der Waals surface area contributed by atoms with E-state index in [4.69, 9.17) is 0 Å². The van der Waals surface area contributed by atoms with Crippen LogP contribution < -0.4 is 0 Å². The van der Waals surface area contributed by atoms with Crippen LogP contribution in [-0.4, -0.2) is 27.4 Å². The molecular formula is C120H80N6. The number of rotatable bonds is 11. The van der Waals surface area contributed by atoms with E-state index in [0.717, 1.165) is 28.4 Å². The van der Waals surface area contributed by atoms with E-state index in [1.807, 2.05) is 0 Å². The summed E-state index contributed by atoms with van der Waals surface area (Å²) in [6.45, 7) is 0. The second kappa shape index (κ2) is 30.7. The summed E-state index contributed by atoms with van der Waals surface area (Å²) in [5.41, 5.74) is 33.8. The number of para-hydroxylation sites is 7. The van der Waals surface area contributed by atoms with Crippen molar-refractivity contribution >= 4 is 131 Å². The van der Waals surface area contributed by atoms with Crippen molar-refractivity contribution in [2.45, 2.75) is 0 Å². The van der Waals surface area contributed by atoms with Crippen LogP contribution in [0.1, 0.15) is 0 Å². The maximum absolute atomic E-state index is 2.47. The molecule has 0 aliphatic heterocycles. The fraction of sp³-hybridized carbons (Fsp3) is 0. The van der Waals surface area contributed by atoms with Crippen LogP contribution in [0.25, 0.3) is 221 Å². The average Bonchev–Trinajstić information content (AvgIpc) is 1.55. The van der Waals surface area contributed by atoms with E-state index >= 15 is 0 Å². The molecule has 0 fully saturated rings. The summed E-state index contributed by atoms with van der Waals surface area (Å²) < 4.78 is 14.6. The Morgan fingerprint density at radius 3 is 0.595 bits per heavy atom. The van der Waals surface area contributed by atoms with Crippen LogP contribution in [0.2, 0.25) is 0 Å². The van der Waals surface area contributed by atoms with E-state index in [-0.39, 0.29) is 0 Å². The Balaban J connectivity index is 0.000000106. The maximum Gasteiger partial charge on any atom is 0.0641 e. The zero-order valence-electron chi connectivity index (χ0n) is 68.9. The zero-order valence-corrected chi connectivity index (χ0v) is 68.9. The summed E-state index contributed by atoms with van der Waals surface area (Å²) in [5.74, 6) is 0. The van der Waals surface area contributed by atoms with Crippen LogP contribution in [0.15, 0.2) is 485 Å². The largest absolute Gasteiger partial charge is 0.309 e. The topological polar surface area (TPSA) is 29.6 Å². The van der Waals surface area contributed by atoms with Gasteiger partial charge in [-0.1, -0.05) is 358 Å². The number of fused-ring (bicyclic) bond motifs is 21. The number of nitrogens with zero attached hydrogens (tertiary/aromatic N) is 6. The van der Waals surface area contributed by atoms with Crippen molar-refractivity contribution in [1.29, 1.82) is 0 Å². The van der Waals surface area contributed by atoms with Crippen LogP contribution in [0.5, 0.6) is 0 Å². The molecule has 0 unspecified atom stereocenters. The summed E-state index contributed by atoms with van der Waals surface area (Å²) in [4.78, 5) is 0. The predicted octanol–water partition coefficient (Wildman–Crippen LogP) is 32.0. The van der Waals surface area contributed by atoms with Crippen molar-refractivity contribution in [3.05, 3.63) is 485 Å². The molecule has 0 amide bonds. The first-order valence-corrected chi connectivity index (χ1v) is 43.3. The summed E-state index contributed by atoms with van der Waals surface area (Å²) in [6.07, 6.45) is 0. The van der Waals surface area contributed by atoms with E-state index in [0.29, 0.717) is 0 Å². The first kappa shape index (κ1) is 73.1. The van der Waals surface area contributed by atoms with Crippen LogP contribution in [-0.2, 0) is 0 Å². The second-order valence-corrected chi connectivity index (χ2v) is 32.6. The van der Waals surface area contributed by atoms with Crippen molar-refractivity contribution in [2.75, 3.05) is 0 Å². The highest BCUT2D eigenvalue weighted by Gasteiger charge is 2.26. The van der Waals surface area contributed by atoms with Crippen LogP contribution in [0.3, 0.4) is 0 Å². The normalized spacial score (nSPS) is 11.7. The van der Waals surface area contributed by atoms with Gasteiger partial charge in [-0.3, -0.25) is 0 Å². The quantitative estimate of drug-likeness (QED) is 0.124. The molecule has 126 heavy (non-hydrogen) atoms. The SMILES string of the molecule is c1ccc(-c2ccc(-n3c4ccccc4c4c3ccc3c5ccccc5n(-c5ccc(-c6ccccc6)cc5)c34)cc2)cc1.c1ccc(-c2ccc(-n3c4ccccc4c4c3ccc3c5ccccc5n(-c5cccc(-c6ccccc6)c5)c34)cc2)cc1.c1ccc(-c2ccc(-n3c4ccccc4c4c3ccc3c5ccccc5n(-c5ccccc5)c34)cc2)cc1. The van der Waals surface area contributed by atoms with E-state index < -0.39 is 0 Å². The Labute approximate surface area is 728 Å². The minimum absolute atomic E-state index is 1.16. The van der Waals surface area contributed by atoms with Crippen LogP contribution in [0, 0.1) is 0 Å². The van der Waals surface area contributed by atoms with Crippen LogP contribution >= 0.6 is 0 Å². The van der Waals surface area contributed by atoms with Gasteiger partial charge in [0.1, 0.15) is 0 Å². The van der Waals surface area contributed by atoms with Crippen LogP contribution in [0.4, 0.5) is 0 Å². The first-order valence-electron chi connectivity index (χ1n) is 43.3.